The van der Waals surface area contributed by atoms with Gasteiger partial charge in [-0.3, -0.25) is 9.80 Å². The Kier molecular flexibility index (Phi) is 5.07. The van der Waals surface area contributed by atoms with Crippen molar-refractivity contribution in [2.75, 3.05) is 45.9 Å². The lowest BCUT2D eigenvalue weighted by Gasteiger charge is -2.32. The second-order valence-corrected chi connectivity index (χ2v) is 6.76. The Morgan fingerprint density at radius 2 is 1.72 bits per heavy atom. The molecule has 1 unspecified atom stereocenters. The maximum atomic E-state index is 10.4. The molecule has 1 atom stereocenters. The number of fused-ring (bicyclic) bond motifs is 1. The lowest BCUT2D eigenvalue weighted by Crippen LogP contribution is -2.46. The fourth-order valence-corrected chi connectivity index (χ4v) is 3.60. The van der Waals surface area contributed by atoms with Crippen LogP contribution in [0.3, 0.4) is 0 Å². The van der Waals surface area contributed by atoms with E-state index in [9.17, 15) is 5.11 Å². The highest BCUT2D eigenvalue weighted by molar-refractivity contribution is 5.55. The minimum Gasteiger partial charge on any atom is -0.390 e. The van der Waals surface area contributed by atoms with Crippen molar-refractivity contribution in [3.8, 4) is 11.4 Å². The quantitative estimate of drug-likeness (QED) is 0.851. The van der Waals surface area contributed by atoms with Crippen molar-refractivity contribution in [2.24, 2.45) is 0 Å². The smallest absolute Gasteiger partial charge is 0.164 e. The Labute approximate surface area is 147 Å². The summed E-state index contributed by atoms with van der Waals surface area (Å²) in [6.07, 6.45) is -0.346. The minimum absolute atomic E-state index is 0.346. The molecule has 0 bridgehead atoms. The molecule has 1 fully saturated rings. The van der Waals surface area contributed by atoms with Gasteiger partial charge in [-0.2, -0.15) is 0 Å². The lowest BCUT2D eigenvalue weighted by atomic mass is 10.2. The molecule has 134 valence electrons. The summed E-state index contributed by atoms with van der Waals surface area (Å²) >= 11 is 0. The lowest BCUT2D eigenvalue weighted by molar-refractivity contribution is 0.00471. The van der Waals surface area contributed by atoms with Crippen LogP contribution in [0.4, 0.5) is 0 Å². The van der Waals surface area contributed by atoms with Crippen LogP contribution in [0.1, 0.15) is 5.82 Å². The van der Waals surface area contributed by atoms with E-state index in [0.717, 1.165) is 63.1 Å². The van der Waals surface area contributed by atoms with Crippen LogP contribution in [0.5, 0.6) is 0 Å². The SMILES string of the molecule is OC(CN1CCOCC1)CN1CCn2c(nnc2-c2ccccc2)C1. The molecule has 1 saturated heterocycles. The van der Waals surface area contributed by atoms with Crippen LogP contribution in [0.2, 0.25) is 0 Å². The zero-order valence-corrected chi connectivity index (χ0v) is 14.4. The number of benzene rings is 1. The van der Waals surface area contributed by atoms with Gasteiger partial charge in [0.15, 0.2) is 5.82 Å². The van der Waals surface area contributed by atoms with Crippen LogP contribution in [0.25, 0.3) is 11.4 Å². The average molecular weight is 343 g/mol. The Balaban J connectivity index is 1.36. The summed E-state index contributed by atoms with van der Waals surface area (Å²) in [7, 11) is 0. The molecule has 4 rings (SSSR count). The van der Waals surface area contributed by atoms with Crippen LogP contribution < -0.4 is 0 Å². The Bertz CT molecular complexity index is 684. The summed E-state index contributed by atoms with van der Waals surface area (Å²) in [6.45, 7) is 7.23. The van der Waals surface area contributed by atoms with Gasteiger partial charge in [-0.05, 0) is 0 Å². The monoisotopic (exact) mass is 343 g/mol. The summed E-state index contributed by atoms with van der Waals surface area (Å²) in [6, 6.07) is 10.2. The molecule has 1 N–H and O–H groups in total. The maximum absolute atomic E-state index is 10.4. The molecule has 1 aromatic heterocycles. The van der Waals surface area contributed by atoms with Gasteiger partial charge < -0.3 is 14.4 Å². The largest absolute Gasteiger partial charge is 0.390 e. The predicted molar refractivity (Wildman–Crippen MR) is 94.0 cm³/mol. The van der Waals surface area contributed by atoms with Crippen LogP contribution in [0.15, 0.2) is 30.3 Å². The average Bonchev–Trinajstić information content (AvgIpc) is 3.06. The Morgan fingerprint density at radius 3 is 2.52 bits per heavy atom. The number of nitrogens with zero attached hydrogens (tertiary/aromatic N) is 5. The molecule has 7 nitrogen and oxygen atoms in total. The van der Waals surface area contributed by atoms with Crippen molar-refractivity contribution < 1.29 is 9.84 Å². The first-order valence-electron chi connectivity index (χ1n) is 8.97. The minimum atomic E-state index is -0.346. The van der Waals surface area contributed by atoms with Crippen LogP contribution in [-0.2, 0) is 17.8 Å². The van der Waals surface area contributed by atoms with E-state index in [4.69, 9.17) is 4.74 Å². The molecular weight excluding hydrogens is 318 g/mol. The van der Waals surface area contributed by atoms with Gasteiger partial charge in [0.25, 0.3) is 0 Å². The fraction of sp³-hybridized carbons (Fsp3) is 0.556. The molecular formula is C18H25N5O2. The van der Waals surface area contributed by atoms with Gasteiger partial charge in [0, 0.05) is 44.8 Å². The summed E-state index contributed by atoms with van der Waals surface area (Å²) in [5.41, 5.74) is 1.10. The van der Waals surface area contributed by atoms with Crippen LogP contribution in [-0.4, -0.2) is 81.7 Å². The molecule has 25 heavy (non-hydrogen) atoms. The Morgan fingerprint density at radius 1 is 0.960 bits per heavy atom. The topological polar surface area (TPSA) is 66.7 Å². The van der Waals surface area contributed by atoms with Crippen molar-refractivity contribution in [2.45, 2.75) is 19.2 Å². The summed E-state index contributed by atoms with van der Waals surface area (Å²) in [5, 5.41) is 19.2. The van der Waals surface area contributed by atoms with E-state index in [2.05, 4.69) is 36.7 Å². The number of aromatic nitrogens is 3. The van der Waals surface area contributed by atoms with Gasteiger partial charge in [0.05, 0.1) is 25.9 Å². The van der Waals surface area contributed by atoms with Crippen molar-refractivity contribution in [1.82, 2.24) is 24.6 Å². The third-order valence-corrected chi connectivity index (χ3v) is 4.91. The molecule has 0 radical (unpaired) electrons. The third kappa shape index (κ3) is 3.90. The molecule has 7 heteroatoms. The van der Waals surface area contributed by atoms with E-state index >= 15 is 0 Å². The first-order valence-corrected chi connectivity index (χ1v) is 8.97. The number of morpholine rings is 1. The van der Waals surface area contributed by atoms with Gasteiger partial charge in [0.1, 0.15) is 5.82 Å². The van der Waals surface area contributed by atoms with E-state index in [1.165, 1.54) is 0 Å². The Hall–Kier alpha value is -1.80. The second kappa shape index (κ2) is 7.61. The zero-order chi connectivity index (χ0) is 17.1. The van der Waals surface area contributed by atoms with Gasteiger partial charge in [0.2, 0.25) is 0 Å². The highest BCUT2D eigenvalue weighted by Crippen LogP contribution is 2.21. The van der Waals surface area contributed by atoms with Gasteiger partial charge >= 0.3 is 0 Å². The highest BCUT2D eigenvalue weighted by Gasteiger charge is 2.24. The first kappa shape index (κ1) is 16.7. The number of hydrogen-bond donors (Lipinski definition) is 1. The number of aliphatic hydroxyl groups excluding tert-OH is 1. The standard InChI is InChI=1S/C18H25N5O2/c24-16(12-21-8-10-25-11-9-21)13-22-6-7-23-17(14-22)19-20-18(23)15-4-2-1-3-5-15/h1-5,16,24H,6-14H2. The molecule has 2 aliphatic rings. The zero-order valence-electron chi connectivity index (χ0n) is 14.4. The summed E-state index contributed by atoms with van der Waals surface area (Å²) in [4.78, 5) is 4.54. The van der Waals surface area contributed by atoms with E-state index in [0.29, 0.717) is 13.1 Å². The number of hydrogen-bond acceptors (Lipinski definition) is 6. The van der Waals surface area contributed by atoms with Crippen molar-refractivity contribution in [3.63, 3.8) is 0 Å². The van der Waals surface area contributed by atoms with Crippen LogP contribution >= 0.6 is 0 Å². The normalized spacial score (nSPS) is 20.4. The molecule has 1 aromatic carbocycles. The summed E-state index contributed by atoms with van der Waals surface area (Å²) in [5.74, 6) is 1.91. The number of rotatable bonds is 5. The van der Waals surface area contributed by atoms with E-state index in [1.807, 2.05) is 18.2 Å². The third-order valence-electron chi connectivity index (χ3n) is 4.91. The molecule has 3 heterocycles. The molecule has 0 aliphatic carbocycles. The second-order valence-electron chi connectivity index (χ2n) is 6.76. The maximum Gasteiger partial charge on any atom is 0.164 e. The van der Waals surface area contributed by atoms with Gasteiger partial charge in [-0.25, -0.2) is 0 Å². The molecule has 0 amide bonds. The fourth-order valence-electron chi connectivity index (χ4n) is 3.60. The van der Waals surface area contributed by atoms with Gasteiger partial charge in [-0.1, -0.05) is 30.3 Å². The van der Waals surface area contributed by atoms with Crippen molar-refractivity contribution in [3.05, 3.63) is 36.2 Å². The van der Waals surface area contributed by atoms with Crippen molar-refractivity contribution in [1.29, 1.82) is 0 Å². The molecule has 2 aromatic rings. The van der Waals surface area contributed by atoms with Gasteiger partial charge in [-0.15, -0.1) is 10.2 Å². The number of ether oxygens (including phenoxy) is 1. The molecule has 2 aliphatic heterocycles. The first-order chi connectivity index (χ1) is 12.3. The van der Waals surface area contributed by atoms with E-state index in [-0.39, 0.29) is 6.10 Å². The highest BCUT2D eigenvalue weighted by atomic mass is 16.5. The van der Waals surface area contributed by atoms with E-state index < -0.39 is 0 Å². The number of β-amino-alcohol motifs (C(OH)–C–C–N with tert-alkyl or cyclic N) is 1. The van der Waals surface area contributed by atoms with E-state index in [1.54, 1.807) is 0 Å². The number of aliphatic hydroxyl groups is 1. The molecule has 0 spiro atoms. The summed E-state index contributed by atoms with van der Waals surface area (Å²) < 4.78 is 7.55. The molecule has 0 saturated carbocycles. The van der Waals surface area contributed by atoms with Crippen LogP contribution in [0, 0.1) is 0 Å². The van der Waals surface area contributed by atoms with Crippen molar-refractivity contribution >= 4 is 0 Å². The predicted octanol–water partition coefficient (Wildman–Crippen LogP) is 0.454.